The minimum absolute atomic E-state index is 0.409. The zero-order valence-electron chi connectivity index (χ0n) is 12.1. The maximum atomic E-state index is 11.5. The molecule has 5 nitrogen and oxygen atoms in total. The first-order chi connectivity index (χ1) is 9.54. The summed E-state index contributed by atoms with van der Waals surface area (Å²) in [6.45, 7) is 3.81. The monoisotopic (exact) mass is 276 g/mol. The molecule has 108 valence electrons. The first kappa shape index (κ1) is 14.4. The number of aromatic nitrogens is 2. The van der Waals surface area contributed by atoms with Crippen molar-refractivity contribution in [3.8, 4) is 5.75 Å². The van der Waals surface area contributed by atoms with Crippen molar-refractivity contribution in [2.45, 2.75) is 33.1 Å². The first-order valence-electron chi connectivity index (χ1n) is 6.80. The number of nitrogens with one attached hydrogen (secondary N) is 1. The van der Waals surface area contributed by atoms with Crippen LogP contribution in [0.25, 0.3) is 11.0 Å². The van der Waals surface area contributed by atoms with Gasteiger partial charge in [-0.3, -0.25) is 4.79 Å². The molecule has 0 unspecified atom stereocenters. The Labute approximate surface area is 118 Å². The van der Waals surface area contributed by atoms with Crippen LogP contribution in [-0.2, 0) is 11.2 Å². The molecule has 2 N–H and O–H groups in total. The highest BCUT2D eigenvalue weighted by atomic mass is 16.5. The van der Waals surface area contributed by atoms with E-state index in [0.717, 1.165) is 16.8 Å². The summed E-state index contributed by atoms with van der Waals surface area (Å²) in [6.07, 6.45) is 1.57. The van der Waals surface area contributed by atoms with Crippen molar-refractivity contribution >= 4 is 17.0 Å². The largest absolute Gasteiger partial charge is 0.497 e. The zero-order valence-corrected chi connectivity index (χ0v) is 12.1. The number of carbonyl (C=O) groups is 1. The van der Waals surface area contributed by atoms with E-state index in [0.29, 0.717) is 25.1 Å². The summed E-state index contributed by atoms with van der Waals surface area (Å²) in [6, 6.07) is 5.58. The van der Waals surface area contributed by atoms with Gasteiger partial charge in [0.25, 0.3) is 0 Å². The summed E-state index contributed by atoms with van der Waals surface area (Å²) in [7, 11) is 1.61. The summed E-state index contributed by atoms with van der Waals surface area (Å²) in [4.78, 5) is 19.2. The summed E-state index contributed by atoms with van der Waals surface area (Å²) in [5.74, 6) is 0.697. The molecule has 0 bridgehead atoms. The van der Waals surface area contributed by atoms with Gasteiger partial charge in [-0.1, -0.05) is 13.8 Å². The lowest BCUT2D eigenvalue weighted by Crippen LogP contribution is -2.32. The number of carboxylic acids is 1. The van der Waals surface area contributed by atoms with Crippen molar-refractivity contribution < 1.29 is 14.6 Å². The summed E-state index contributed by atoms with van der Waals surface area (Å²) >= 11 is 0. The lowest BCUT2D eigenvalue weighted by Gasteiger charge is -2.25. The lowest BCUT2D eigenvalue weighted by atomic mass is 9.79. The van der Waals surface area contributed by atoms with E-state index in [1.807, 2.05) is 32.0 Å². The van der Waals surface area contributed by atoms with Crippen LogP contribution in [0.2, 0.25) is 0 Å². The molecule has 0 fully saturated rings. The number of imidazole rings is 1. The molecule has 0 saturated carbocycles. The number of ether oxygens (including phenoxy) is 1. The standard InChI is InChI=1S/C15H20N2O3/c1-4-15(5-2,14(18)19)9-13-16-11-7-6-10(20-3)8-12(11)17-13/h6-8H,4-5,9H2,1-3H3,(H,16,17)(H,18,19). The van der Waals surface area contributed by atoms with Gasteiger partial charge in [-0.05, 0) is 25.0 Å². The Morgan fingerprint density at radius 1 is 1.40 bits per heavy atom. The van der Waals surface area contributed by atoms with Gasteiger partial charge in [0.2, 0.25) is 0 Å². The van der Waals surface area contributed by atoms with Gasteiger partial charge in [0, 0.05) is 12.5 Å². The fourth-order valence-corrected chi connectivity index (χ4v) is 2.45. The average Bonchev–Trinajstić information content (AvgIpc) is 2.85. The van der Waals surface area contributed by atoms with Crippen molar-refractivity contribution in [3.63, 3.8) is 0 Å². The van der Waals surface area contributed by atoms with Crippen LogP contribution in [0.1, 0.15) is 32.5 Å². The normalized spacial score (nSPS) is 11.8. The van der Waals surface area contributed by atoms with Crippen LogP contribution in [-0.4, -0.2) is 28.2 Å². The molecular formula is C15H20N2O3. The van der Waals surface area contributed by atoms with E-state index in [1.165, 1.54) is 0 Å². The molecule has 0 saturated heterocycles. The van der Waals surface area contributed by atoms with Gasteiger partial charge < -0.3 is 14.8 Å². The average molecular weight is 276 g/mol. The number of hydrogen-bond donors (Lipinski definition) is 2. The number of aliphatic carboxylic acids is 1. The molecule has 0 aliphatic rings. The number of aromatic amines is 1. The Kier molecular flexibility index (Phi) is 3.97. The van der Waals surface area contributed by atoms with Crippen LogP contribution >= 0.6 is 0 Å². The second kappa shape index (κ2) is 5.53. The SMILES string of the molecule is CCC(CC)(Cc1nc2ccc(OC)cc2[nH]1)C(=O)O. The van der Waals surface area contributed by atoms with Crippen LogP contribution in [0.4, 0.5) is 0 Å². The summed E-state index contributed by atoms with van der Waals surface area (Å²) < 4.78 is 5.17. The fraction of sp³-hybridized carbons (Fsp3) is 0.467. The number of benzene rings is 1. The van der Waals surface area contributed by atoms with Gasteiger partial charge in [-0.2, -0.15) is 0 Å². The van der Waals surface area contributed by atoms with Gasteiger partial charge in [0.05, 0.1) is 23.6 Å². The zero-order chi connectivity index (χ0) is 14.8. The van der Waals surface area contributed by atoms with Crippen molar-refractivity contribution in [1.29, 1.82) is 0 Å². The number of rotatable bonds is 6. The van der Waals surface area contributed by atoms with Crippen molar-refractivity contribution in [1.82, 2.24) is 9.97 Å². The molecule has 0 atom stereocenters. The molecule has 2 aromatic rings. The minimum Gasteiger partial charge on any atom is -0.497 e. The third-order valence-electron chi connectivity index (χ3n) is 4.05. The van der Waals surface area contributed by atoms with Crippen LogP contribution in [0.5, 0.6) is 5.75 Å². The Bertz CT molecular complexity index is 615. The third kappa shape index (κ3) is 2.48. The van der Waals surface area contributed by atoms with E-state index in [9.17, 15) is 9.90 Å². The number of methoxy groups -OCH3 is 1. The summed E-state index contributed by atoms with van der Waals surface area (Å²) in [5.41, 5.74) is 0.941. The highest BCUT2D eigenvalue weighted by Crippen LogP contribution is 2.31. The molecule has 2 rings (SSSR count). The van der Waals surface area contributed by atoms with E-state index < -0.39 is 11.4 Å². The minimum atomic E-state index is -0.763. The van der Waals surface area contributed by atoms with Gasteiger partial charge in [0.1, 0.15) is 11.6 Å². The number of H-pyrrole nitrogens is 1. The van der Waals surface area contributed by atoms with E-state index in [4.69, 9.17) is 4.74 Å². The first-order valence-corrected chi connectivity index (χ1v) is 6.80. The van der Waals surface area contributed by atoms with E-state index in [2.05, 4.69) is 9.97 Å². The Balaban J connectivity index is 2.35. The van der Waals surface area contributed by atoms with Crippen LogP contribution in [0.3, 0.4) is 0 Å². The molecule has 0 aliphatic carbocycles. The maximum absolute atomic E-state index is 11.5. The van der Waals surface area contributed by atoms with E-state index in [-0.39, 0.29) is 0 Å². The number of nitrogens with zero attached hydrogens (tertiary/aromatic N) is 1. The molecule has 1 aromatic heterocycles. The second-order valence-electron chi connectivity index (χ2n) is 5.04. The Morgan fingerprint density at radius 3 is 2.65 bits per heavy atom. The van der Waals surface area contributed by atoms with Gasteiger partial charge in [-0.25, -0.2) is 4.98 Å². The topological polar surface area (TPSA) is 75.2 Å². The van der Waals surface area contributed by atoms with E-state index in [1.54, 1.807) is 7.11 Å². The van der Waals surface area contributed by atoms with Crippen molar-refractivity contribution in [2.75, 3.05) is 7.11 Å². The maximum Gasteiger partial charge on any atom is 0.310 e. The molecule has 0 aliphatic heterocycles. The third-order valence-corrected chi connectivity index (χ3v) is 4.05. The van der Waals surface area contributed by atoms with Crippen LogP contribution < -0.4 is 4.74 Å². The molecular weight excluding hydrogens is 256 g/mol. The quantitative estimate of drug-likeness (QED) is 0.850. The van der Waals surface area contributed by atoms with Gasteiger partial charge in [-0.15, -0.1) is 0 Å². The number of hydrogen-bond acceptors (Lipinski definition) is 3. The van der Waals surface area contributed by atoms with Gasteiger partial charge in [0.15, 0.2) is 0 Å². The molecule has 0 spiro atoms. The Hall–Kier alpha value is -2.04. The van der Waals surface area contributed by atoms with Crippen LogP contribution in [0.15, 0.2) is 18.2 Å². The van der Waals surface area contributed by atoms with Crippen molar-refractivity contribution in [2.24, 2.45) is 5.41 Å². The predicted octanol–water partition coefficient (Wildman–Crippen LogP) is 3.01. The molecule has 20 heavy (non-hydrogen) atoms. The molecule has 1 heterocycles. The predicted molar refractivity (Wildman–Crippen MR) is 77.0 cm³/mol. The fourth-order valence-electron chi connectivity index (χ4n) is 2.45. The number of carboxylic acid groups (broad SMARTS) is 1. The molecule has 0 radical (unpaired) electrons. The Morgan fingerprint density at radius 2 is 2.10 bits per heavy atom. The highest BCUT2D eigenvalue weighted by Gasteiger charge is 2.36. The lowest BCUT2D eigenvalue weighted by molar-refractivity contribution is -0.149. The highest BCUT2D eigenvalue weighted by molar-refractivity contribution is 5.78. The molecule has 1 aromatic carbocycles. The summed E-state index contributed by atoms with van der Waals surface area (Å²) in [5, 5.41) is 9.48. The molecule has 5 heteroatoms. The smallest absolute Gasteiger partial charge is 0.310 e. The van der Waals surface area contributed by atoms with Crippen LogP contribution in [0, 0.1) is 5.41 Å². The van der Waals surface area contributed by atoms with Crippen molar-refractivity contribution in [3.05, 3.63) is 24.0 Å². The molecule has 0 amide bonds. The van der Waals surface area contributed by atoms with E-state index >= 15 is 0 Å². The second-order valence-corrected chi connectivity index (χ2v) is 5.04. The number of fused-ring (bicyclic) bond motifs is 1. The van der Waals surface area contributed by atoms with Gasteiger partial charge >= 0.3 is 5.97 Å².